The van der Waals surface area contributed by atoms with E-state index in [2.05, 4.69) is 15.5 Å². The summed E-state index contributed by atoms with van der Waals surface area (Å²) < 4.78 is 0. The Morgan fingerprint density at radius 2 is 2.31 bits per heavy atom. The number of nitrogens with zero attached hydrogens (tertiary/aromatic N) is 2. The summed E-state index contributed by atoms with van der Waals surface area (Å²) in [4.78, 5) is 11.7. The summed E-state index contributed by atoms with van der Waals surface area (Å²) in [5.41, 5.74) is 5.68. The van der Waals surface area contributed by atoms with Gasteiger partial charge in [-0.05, 0) is 37.5 Å². The number of anilines is 1. The molecule has 1 aromatic rings. The predicted octanol–water partition coefficient (Wildman–Crippen LogP) is 0.930. The van der Waals surface area contributed by atoms with E-state index in [9.17, 15) is 4.79 Å². The molecule has 1 heterocycles. The van der Waals surface area contributed by atoms with Crippen molar-refractivity contribution in [3.8, 4) is 0 Å². The minimum absolute atomic E-state index is 0.138. The highest BCUT2D eigenvalue weighted by Gasteiger charge is 2.10. The molecular formula is C10H16N4OS. The molecule has 1 amide bonds. The molecule has 0 aliphatic carbocycles. The maximum Gasteiger partial charge on any atom is 0.272 e. The molecule has 16 heavy (non-hydrogen) atoms. The SMILES string of the molecule is CSCCC(C)NC(=O)c1ccc(N)nn1. The van der Waals surface area contributed by atoms with Crippen LogP contribution in [0.15, 0.2) is 12.1 Å². The van der Waals surface area contributed by atoms with Gasteiger partial charge in [0.25, 0.3) is 5.91 Å². The Balaban J connectivity index is 2.48. The van der Waals surface area contributed by atoms with Gasteiger partial charge in [0.2, 0.25) is 0 Å². The fraction of sp³-hybridized carbons (Fsp3) is 0.500. The fourth-order valence-electron chi connectivity index (χ4n) is 1.13. The first-order chi connectivity index (χ1) is 7.63. The molecule has 1 atom stereocenters. The summed E-state index contributed by atoms with van der Waals surface area (Å²) in [6.07, 6.45) is 2.98. The monoisotopic (exact) mass is 240 g/mol. The zero-order chi connectivity index (χ0) is 12.0. The van der Waals surface area contributed by atoms with Crippen LogP contribution in [0.25, 0.3) is 0 Å². The molecule has 0 radical (unpaired) electrons. The number of hydrogen-bond acceptors (Lipinski definition) is 5. The third-order valence-electron chi connectivity index (χ3n) is 2.05. The van der Waals surface area contributed by atoms with Gasteiger partial charge in [-0.2, -0.15) is 11.8 Å². The molecule has 1 rings (SSSR count). The number of hydrogen-bond donors (Lipinski definition) is 2. The molecule has 6 heteroatoms. The number of amides is 1. The third kappa shape index (κ3) is 4.06. The van der Waals surface area contributed by atoms with E-state index in [0.717, 1.165) is 12.2 Å². The van der Waals surface area contributed by atoms with Crippen molar-refractivity contribution in [2.24, 2.45) is 0 Å². The minimum atomic E-state index is -0.207. The second kappa shape index (κ2) is 6.32. The van der Waals surface area contributed by atoms with E-state index in [1.807, 2.05) is 13.2 Å². The lowest BCUT2D eigenvalue weighted by Crippen LogP contribution is -2.33. The van der Waals surface area contributed by atoms with Gasteiger partial charge in [-0.1, -0.05) is 0 Å². The van der Waals surface area contributed by atoms with Gasteiger partial charge in [0.1, 0.15) is 5.82 Å². The van der Waals surface area contributed by atoms with Crippen LogP contribution < -0.4 is 11.1 Å². The van der Waals surface area contributed by atoms with Crippen molar-refractivity contribution in [3.63, 3.8) is 0 Å². The molecule has 1 aromatic heterocycles. The zero-order valence-corrected chi connectivity index (χ0v) is 10.3. The van der Waals surface area contributed by atoms with Gasteiger partial charge in [0, 0.05) is 6.04 Å². The van der Waals surface area contributed by atoms with Gasteiger partial charge in [0.15, 0.2) is 5.69 Å². The van der Waals surface area contributed by atoms with Crippen LogP contribution in [0, 0.1) is 0 Å². The Morgan fingerprint density at radius 3 is 2.88 bits per heavy atom. The molecule has 0 saturated carbocycles. The summed E-state index contributed by atoms with van der Waals surface area (Å²) in [5, 5.41) is 10.2. The second-order valence-electron chi connectivity index (χ2n) is 3.50. The molecule has 0 fully saturated rings. The highest BCUT2D eigenvalue weighted by molar-refractivity contribution is 7.98. The molecular weight excluding hydrogens is 224 g/mol. The normalized spacial score (nSPS) is 12.1. The second-order valence-corrected chi connectivity index (χ2v) is 4.49. The van der Waals surface area contributed by atoms with E-state index in [1.165, 1.54) is 0 Å². The highest BCUT2D eigenvalue weighted by Crippen LogP contribution is 2.02. The largest absolute Gasteiger partial charge is 0.382 e. The molecule has 88 valence electrons. The van der Waals surface area contributed by atoms with Gasteiger partial charge >= 0.3 is 0 Å². The van der Waals surface area contributed by atoms with E-state index in [1.54, 1.807) is 23.9 Å². The van der Waals surface area contributed by atoms with Gasteiger partial charge < -0.3 is 11.1 Å². The summed E-state index contributed by atoms with van der Waals surface area (Å²) in [5.74, 6) is 1.13. The Labute approximate surface area is 99.2 Å². The van der Waals surface area contributed by atoms with Crippen LogP contribution in [0.3, 0.4) is 0 Å². The van der Waals surface area contributed by atoms with Crippen molar-refractivity contribution in [1.29, 1.82) is 0 Å². The number of carbonyl (C=O) groups excluding carboxylic acids is 1. The van der Waals surface area contributed by atoms with Crippen molar-refractivity contribution in [2.75, 3.05) is 17.7 Å². The first-order valence-electron chi connectivity index (χ1n) is 5.02. The summed E-state index contributed by atoms with van der Waals surface area (Å²) in [6, 6.07) is 3.27. The summed E-state index contributed by atoms with van der Waals surface area (Å²) in [7, 11) is 0. The van der Waals surface area contributed by atoms with Gasteiger partial charge in [-0.25, -0.2) is 0 Å². The first kappa shape index (κ1) is 12.8. The van der Waals surface area contributed by atoms with Crippen LogP contribution in [-0.2, 0) is 0 Å². The molecule has 0 spiro atoms. The van der Waals surface area contributed by atoms with Gasteiger partial charge in [-0.3, -0.25) is 4.79 Å². The molecule has 1 unspecified atom stereocenters. The number of nitrogen functional groups attached to an aromatic ring is 1. The standard InChI is InChI=1S/C10H16N4OS/c1-7(5-6-16-2)12-10(15)8-3-4-9(11)14-13-8/h3-4,7H,5-6H2,1-2H3,(H2,11,14)(H,12,15). The van der Waals surface area contributed by atoms with Crippen molar-refractivity contribution >= 4 is 23.5 Å². The minimum Gasteiger partial charge on any atom is -0.382 e. The highest BCUT2D eigenvalue weighted by atomic mass is 32.2. The van der Waals surface area contributed by atoms with Crippen molar-refractivity contribution < 1.29 is 4.79 Å². The Morgan fingerprint density at radius 1 is 1.56 bits per heavy atom. The van der Waals surface area contributed by atoms with Gasteiger partial charge in [-0.15, -0.1) is 10.2 Å². The van der Waals surface area contributed by atoms with Gasteiger partial charge in [0.05, 0.1) is 0 Å². The number of aromatic nitrogens is 2. The molecule has 5 nitrogen and oxygen atoms in total. The Kier molecular flexibility index (Phi) is 5.04. The fourth-order valence-corrected chi connectivity index (χ4v) is 1.72. The number of nitrogens with one attached hydrogen (secondary N) is 1. The molecule has 0 bridgehead atoms. The summed E-state index contributed by atoms with van der Waals surface area (Å²) >= 11 is 1.76. The number of thioether (sulfide) groups is 1. The smallest absolute Gasteiger partial charge is 0.272 e. The Bertz CT molecular complexity index is 341. The maximum atomic E-state index is 11.7. The zero-order valence-electron chi connectivity index (χ0n) is 9.43. The molecule has 0 aromatic carbocycles. The average Bonchev–Trinajstić information content (AvgIpc) is 2.27. The van der Waals surface area contributed by atoms with E-state index in [-0.39, 0.29) is 11.9 Å². The lowest BCUT2D eigenvalue weighted by molar-refractivity contribution is 0.0933. The predicted molar refractivity (Wildman–Crippen MR) is 66.4 cm³/mol. The maximum absolute atomic E-state index is 11.7. The molecule has 0 aliphatic rings. The van der Waals surface area contributed by atoms with Crippen LogP contribution in [0.1, 0.15) is 23.8 Å². The molecule has 0 aliphatic heterocycles. The van der Waals surface area contributed by atoms with E-state index in [0.29, 0.717) is 11.5 Å². The average molecular weight is 240 g/mol. The van der Waals surface area contributed by atoms with E-state index >= 15 is 0 Å². The first-order valence-corrected chi connectivity index (χ1v) is 6.42. The van der Waals surface area contributed by atoms with E-state index in [4.69, 9.17) is 5.73 Å². The van der Waals surface area contributed by atoms with Crippen LogP contribution >= 0.6 is 11.8 Å². The van der Waals surface area contributed by atoms with Crippen molar-refractivity contribution in [2.45, 2.75) is 19.4 Å². The lowest BCUT2D eigenvalue weighted by atomic mass is 10.2. The van der Waals surface area contributed by atoms with Crippen molar-refractivity contribution in [1.82, 2.24) is 15.5 Å². The quantitative estimate of drug-likeness (QED) is 0.800. The number of rotatable bonds is 5. The Hall–Kier alpha value is -1.30. The van der Waals surface area contributed by atoms with Crippen LogP contribution in [0.4, 0.5) is 5.82 Å². The van der Waals surface area contributed by atoms with E-state index < -0.39 is 0 Å². The van der Waals surface area contributed by atoms with Crippen LogP contribution in [0.2, 0.25) is 0 Å². The number of nitrogens with two attached hydrogens (primary N) is 1. The molecule has 3 N–H and O–H groups in total. The van der Waals surface area contributed by atoms with Crippen LogP contribution in [-0.4, -0.2) is 34.2 Å². The lowest BCUT2D eigenvalue weighted by Gasteiger charge is -2.12. The molecule has 0 saturated heterocycles. The summed E-state index contributed by atoms with van der Waals surface area (Å²) in [6.45, 7) is 1.97. The third-order valence-corrected chi connectivity index (χ3v) is 2.69. The topological polar surface area (TPSA) is 80.9 Å². The van der Waals surface area contributed by atoms with Crippen molar-refractivity contribution in [3.05, 3.63) is 17.8 Å². The van der Waals surface area contributed by atoms with Crippen LogP contribution in [0.5, 0.6) is 0 Å². The number of carbonyl (C=O) groups is 1.